The molecule has 1 N–H and O–H groups in total. The van der Waals surface area contributed by atoms with Crippen molar-refractivity contribution >= 4 is 28.5 Å². The first-order valence-corrected chi connectivity index (χ1v) is 6.91. The molecular formula is C16H11NO2S. The van der Waals surface area contributed by atoms with E-state index < -0.39 is 5.97 Å². The number of hydrogen-bond acceptors (Lipinski definition) is 3. The third-order valence-corrected chi connectivity index (χ3v) is 3.92. The van der Waals surface area contributed by atoms with Crippen LogP contribution in [0.3, 0.4) is 0 Å². The molecule has 0 spiro atoms. The van der Waals surface area contributed by atoms with Crippen molar-refractivity contribution in [3.8, 4) is 0 Å². The van der Waals surface area contributed by atoms with Crippen molar-refractivity contribution < 1.29 is 9.90 Å². The maximum absolute atomic E-state index is 11.2. The minimum absolute atomic E-state index is 0.0954. The normalized spacial score (nSPS) is 10.6. The zero-order valence-electron chi connectivity index (χ0n) is 10.5. The molecule has 0 radical (unpaired) electrons. The SMILES string of the molecule is O=C(O)c1nccc2ccc(Sc3ccccc3)cc12. The number of nitrogens with zero attached hydrogens (tertiary/aromatic N) is 1. The fourth-order valence-corrected chi connectivity index (χ4v) is 2.88. The van der Waals surface area contributed by atoms with Crippen LogP contribution >= 0.6 is 11.8 Å². The molecule has 3 aromatic rings. The Kier molecular flexibility index (Phi) is 3.39. The number of hydrogen-bond donors (Lipinski definition) is 1. The molecule has 0 saturated heterocycles. The van der Waals surface area contributed by atoms with Gasteiger partial charge in [0.05, 0.1) is 0 Å². The lowest BCUT2D eigenvalue weighted by atomic mass is 10.1. The average Bonchev–Trinajstić information content (AvgIpc) is 2.47. The zero-order chi connectivity index (χ0) is 13.9. The summed E-state index contributed by atoms with van der Waals surface area (Å²) in [5.41, 5.74) is 0.0954. The zero-order valence-corrected chi connectivity index (χ0v) is 11.3. The summed E-state index contributed by atoms with van der Waals surface area (Å²) < 4.78 is 0. The van der Waals surface area contributed by atoms with Crippen LogP contribution in [0.1, 0.15) is 10.5 Å². The van der Waals surface area contributed by atoms with E-state index in [0.717, 1.165) is 15.2 Å². The van der Waals surface area contributed by atoms with E-state index in [2.05, 4.69) is 4.98 Å². The molecular weight excluding hydrogens is 270 g/mol. The predicted octanol–water partition coefficient (Wildman–Crippen LogP) is 4.08. The van der Waals surface area contributed by atoms with E-state index in [9.17, 15) is 9.90 Å². The van der Waals surface area contributed by atoms with E-state index in [1.165, 1.54) is 6.20 Å². The number of carboxylic acid groups (broad SMARTS) is 1. The lowest BCUT2D eigenvalue weighted by Gasteiger charge is -2.05. The molecule has 3 rings (SSSR count). The van der Waals surface area contributed by atoms with E-state index in [0.29, 0.717) is 5.39 Å². The van der Waals surface area contributed by atoms with Crippen molar-refractivity contribution in [3.05, 3.63) is 66.5 Å². The molecule has 0 amide bonds. The van der Waals surface area contributed by atoms with Crippen molar-refractivity contribution in [2.24, 2.45) is 0 Å². The van der Waals surface area contributed by atoms with Gasteiger partial charge in [-0.05, 0) is 35.7 Å². The average molecular weight is 281 g/mol. The first kappa shape index (κ1) is 12.7. The summed E-state index contributed by atoms with van der Waals surface area (Å²) in [6.07, 6.45) is 1.52. The standard InChI is InChI=1S/C16H11NO2S/c18-16(19)15-14-10-13(7-6-11(14)8-9-17-15)20-12-4-2-1-3-5-12/h1-10H,(H,18,19). The van der Waals surface area contributed by atoms with E-state index >= 15 is 0 Å². The molecule has 1 aromatic heterocycles. The van der Waals surface area contributed by atoms with Crippen molar-refractivity contribution in [2.75, 3.05) is 0 Å². The van der Waals surface area contributed by atoms with Crippen molar-refractivity contribution in [1.29, 1.82) is 0 Å². The number of carbonyl (C=O) groups is 1. The smallest absolute Gasteiger partial charge is 0.355 e. The maximum atomic E-state index is 11.2. The van der Waals surface area contributed by atoms with Crippen LogP contribution in [0, 0.1) is 0 Å². The summed E-state index contributed by atoms with van der Waals surface area (Å²) in [6.45, 7) is 0. The van der Waals surface area contributed by atoms with Crippen LogP contribution in [0.5, 0.6) is 0 Å². The Morgan fingerprint density at radius 3 is 2.55 bits per heavy atom. The summed E-state index contributed by atoms with van der Waals surface area (Å²) >= 11 is 1.60. The number of aromatic carboxylic acids is 1. The molecule has 0 aliphatic heterocycles. The van der Waals surface area contributed by atoms with Crippen molar-refractivity contribution in [1.82, 2.24) is 4.98 Å². The fraction of sp³-hybridized carbons (Fsp3) is 0. The summed E-state index contributed by atoms with van der Waals surface area (Å²) in [7, 11) is 0. The van der Waals surface area contributed by atoms with Gasteiger partial charge in [0, 0.05) is 21.4 Å². The third-order valence-electron chi connectivity index (χ3n) is 2.92. The molecule has 2 aromatic carbocycles. The number of carboxylic acids is 1. The van der Waals surface area contributed by atoms with Gasteiger partial charge in [-0.25, -0.2) is 9.78 Å². The van der Waals surface area contributed by atoms with Gasteiger partial charge in [0.15, 0.2) is 5.69 Å². The minimum Gasteiger partial charge on any atom is -0.476 e. The summed E-state index contributed by atoms with van der Waals surface area (Å²) in [4.78, 5) is 17.3. The fourth-order valence-electron chi connectivity index (χ4n) is 2.01. The van der Waals surface area contributed by atoms with E-state index in [4.69, 9.17) is 0 Å². The Bertz CT molecular complexity index is 772. The number of fused-ring (bicyclic) bond motifs is 1. The second-order valence-electron chi connectivity index (χ2n) is 4.26. The van der Waals surface area contributed by atoms with Gasteiger partial charge in [-0.15, -0.1) is 0 Å². The monoisotopic (exact) mass is 281 g/mol. The Labute approximate surface area is 120 Å². The van der Waals surface area contributed by atoms with Gasteiger partial charge in [-0.3, -0.25) is 0 Å². The second kappa shape index (κ2) is 5.35. The van der Waals surface area contributed by atoms with Crippen LogP contribution in [0.25, 0.3) is 10.8 Å². The molecule has 0 aliphatic carbocycles. The predicted molar refractivity (Wildman–Crippen MR) is 79.3 cm³/mol. The van der Waals surface area contributed by atoms with Gasteiger partial charge in [-0.2, -0.15) is 0 Å². The summed E-state index contributed by atoms with van der Waals surface area (Å²) in [5.74, 6) is -1.00. The molecule has 4 heteroatoms. The Balaban J connectivity index is 2.06. The van der Waals surface area contributed by atoms with Crippen molar-refractivity contribution in [2.45, 2.75) is 9.79 Å². The van der Waals surface area contributed by atoms with Gasteiger partial charge in [0.2, 0.25) is 0 Å². The van der Waals surface area contributed by atoms with Crippen LogP contribution in [0.2, 0.25) is 0 Å². The molecule has 0 bridgehead atoms. The molecule has 0 fully saturated rings. The Morgan fingerprint density at radius 2 is 1.80 bits per heavy atom. The van der Waals surface area contributed by atoms with Gasteiger partial charge < -0.3 is 5.11 Å². The minimum atomic E-state index is -1.00. The quantitative estimate of drug-likeness (QED) is 0.785. The van der Waals surface area contributed by atoms with Gasteiger partial charge >= 0.3 is 5.97 Å². The maximum Gasteiger partial charge on any atom is 0.355 e. The van der Waals surface area contributed by atoms with E-state index in [-0.39, 0.29) is 5.69 Å². The highest BCUT2D eigenvalue weighted by atomic mass is 32.2. The molecule has 0 unspecified atom stereocenters. The number of pyridine rings is 1. The van der Waals surface area contributed by atoms with E-state index in [1.54, 1.807) is 11.8 Å². The Morgan fingerprint density at radius 1 is 1.00 bits per heavy atom. The highest BCUT2D eigenvalue weighted by Gasteiger charge is 2.10. The largest absolute Gasteiger partial charge is 0.476 e. The van der Waals surface area contributed by atoms with Gasteiger partial charge in [-0.1, -0.05) is 36.0 Å². The van der Waals surface area contributed by atoms with Gasteiger partial charge in [0.1, 0.15) is 0 Å². The first-order chi connectivity index (χ1) is 9.74. The third kappa shape index (κ3) is 2.51. The molecule has 3 nitrogen and oxygen atoms in total. The molecule has 0 aliphatic rings. The first-order valence-electron chi connectivity index (χ1n) is 6.09. The highest BCUT2D eigenvalue weighted by Crippen LogP contribution is 2.30. The number of aromatic nitrogens is 1. The summed E-state index contributed by atoms with van der Waals surface area (Å²) in [6, 6.07) is 17.6. The van der Waals surface area contributed by atoms with Crippen LogP contribution < -0.4 is 0 Å². The molecule has 1 heterocycles. The van der Waals surface area contributed by atoms with Crippen LogP contribution in [0.4, 0.5) is 0 Å². The molecule has 20 heavy (non-hydrogen) atoms. The second-order valence-corrected chi connectivity index (χ2v) is 5.41. The lowest BCUT2D eigenvalue weighted by molar-refractivity contribution is 0.0693. The van der Waals surface area contributed by atoms with E-state index in [1.807, 2.05) is 54.6 Å². The van der Waals surface area contributed by atoms with Crippen LogP contribution in [0.15, 0.2) is 70.6 Å². The van der Waals surface area contributed by atoms with Crippen molar-refractivity contribution in [3.63, 3.8) is 0 Å². The van der Waals surface area contributed by atoms with Crippen LogP contribution in [-0.4, -0.2) is 16.1 Å². The number of benzene rings is 2. The lowest BCUT2D eigenvalue weighted by Crippen LogP contribution is -2.00. The topological polar surface area (TPSA) is 50.2 Å². The number of rotatable bonds is 3. The highest BCUT2D eigenvalue weighted by molar-refractivity contribution is 7.99. The van der Waals surface area contributed by atoms with Gasteiger partial charge in [0.25, 0.3) is 0 Å². The molecule has 0 atom stereocenters. The van der Waals surface area contributed by atoms with Crippen LogP contribution in [-0.2, 0) is 0 Å². The molecule has 0 saturated carbocycles. The Hall–Kier alpha value is -2.33. The molecule has 98 valence electrons. The summed E-state index contributed by atoms with van der Waals surface area (Å²) in [5, 5.41) is 10.7.